The van der Waals surface area contributed by atoms with Crippen LogP contribution < -0.4 is 0 Å². The van der Waals surface area contributed by atoms with Gasteiger partial charge in [0, 0.05) is 29.2 Å². The van der Waals surface area contributed by atoms with Crippen LogP contribution in [-0.2, 0) is 4.74 Å². The van der Waals surface area contributed by atoms with Gasteiger partial charge in [0.05, 0.1) is 12.6 Å². The highest BCUT2D eigenvalue weighted by molar-refractivity contribution is 14.1. The quantitative estimate of drug-likeness (QED) is 0.726. The molecule has 0 spiro atoms. The lowest BCUT2D eigenvalue weighted by atomic mass is 10.1. The second-order valence-corrected chi connectivity index (χ2v) is 3.83. The third kappa shape index (κ3) is 1.77. The van der Waals surface area contributed by atoms with Crippen LogP contribution in [0.4, 0.5) is 0 Å². The fraction of sp³-hybridized carbons (Fsp3) is 0.714. The summed E-state index contributed by atoms with van der Waals surface area (Å²) in [6.07, 6.45) is 4.06. The van der Waals surface area contributed by atoms with Crippen molar-refractivity contribution in [2.75, 3.05) is 13.2 Å². The van der Waals surface area contributed by atoms with Crippen LogP contribution in [-0.4, -0.2) is 28.0 Å². The molecule has 1 unspecified atom stereocenters. The topological polar surface area (TPSA) is 39.9 Å². The Kier molecular flexibility index (Phi) is 2.60. The van der Waals surface area contributed by atoms with Gasteiger partial charge in [-0.25, -0.2) is 9.67 Å². The molecule has 1 fully saturated rings. The summed E-state index contributed by atoms with van der Waals surface area (Å²) in [4.78, 5) is 4.07. The molecule has 0 aliphatic carbocycles. The Morgan fingerprint density at radius 2 is 2.58 bits per heavy atom. The summed E-state index contributed by atoms with van der Waals surface area (Å²) in [6, 6.07) is 0.398. The molecule has 2 heterocycles. The van der Waals surface area contributed by atoms with Crippen molar-refractivity contribution in [3.05, 3.63) is 10.2 Å². The number of rotatable bonds is 1. The summed E-state index contributed by atoms with van der Waals surface area (Å²) < 4.78 is 8.06. The van der Waals surface area contributed by atoms with Crippen molar-refractivity contribution in [2.24, 2.45) is 0 Å². The smallest absolute Gasteiger partial charge is 0.211 e. The molecule has 0 radical (unpaired) electrons. The standard InChI is InChI=1S/C7H10IN3O/c8-7-9-5-11(10-7)6-2-1-3-12-4-6/h5-6H,1-4H2. The van der Waals surface area contributed by atoms with Crippen molar-refractivity contribution in [3.8, 4) is 0 Å². The zero-order valence-corrected chi connectivity index (χ0v) is 8.77. The highest BCUT2D eigenvalue weighted by Crippen LogP contribution is 2.17. The number of halogens is 1. The summed E-state index contributed by atoms with van der Waals surface area (Å²) in [6.45, 7) is 1.67. The van der Waals surface area contributed by atoms with E-state index in [0.29, 0.717) is 6.04 Å². The van der Waals surface area contributed by atoms with E-state index in [1.165, 1.54) is 0 Å². The average molecular weight is 279 g/mol. The van der Waals surface area contributed by atoms with Crippen LogP contribution in [0.5, 0.6) is 0 Å². The Balaban J connectivity index is 2.08. The van der Waals surface area contributed by atoms with Gasteiger partial charge in [-0.05, 0) is 12.8 Å². The van der Waals surface area contributed by atoms with E-state index >= 15 is 0 Å². The molecule has 4 nitrogen and oxygen atoms in total. The van der Waals surface area contributed by atoms with Gasteiger partial charge in [0.15, 0.2) is 0 Å². The summed E-state index contributed by atoms with van der Waals surface area (Å²) in [5, 5.41) is 4.25. The van der Waals surface area contributed by atoms with Crippen molar-refractivity contribution >= 4 is 22.6 Å². The number of ether oxygens (including phenoxy) is 1. The van der Waals surface area contributed by atoms with Crippen molar-refractivity contribution in [1.29, 1.82) is 0 Å². The average Bonchev–Trinajstić information content (AvgIpc) is 2.54. The first-order valence-electron chi connectivity index (χ1n) is 4.00. The lowest BCUT2D eigenvalue weighted by Crippen LogP contribution is -2.21. The van der Waals surface area contributed by atoms with Crippen molar-refractivity contribution in [1.82, 2.24) is 14.8 Å². The second kappa shape index (κ2) is 3.69. The van der Waals surface area contributed by atoms with Crippen LogP contribution in [0.2, 0.25) is 0 Å². The Hall–Kier alpha value is -0.170. The molecule has 1 aliphatic rings. The maximum absolute atomic E-state index is 5.35. The Labute approximate surface area is 84.5 Å². The van der Waals surface area contributed by atoms with E-state index in [-0.39, 0.29) is 0 Å². The first kappa shape index (κ1) is 8.43. The normalized spacial score (nSPS) is 24.2. The summed E-state index contributed by atoms with van der Waals surface area (Å²) in [5.74, 6) is 0. The zero-order valence-electron chi connectivity index (χ0n) is 6.61. The molecule has 0 amide bonds. The van der Waals surface area contributed by atoms with Crippen LogP contribution in [0.3, 0.4) is 0 Å². The van der Waals surface area contributed by atoms with Gasteiger partial charge in [0.2, 0.25) is 3.83 Å². The number of hydrogen-bond donors (Lipinski definition) is 0. The molecule has 0 aromatic carbocycles. The van der Waals surface area contributed by atoms with E-state index < -0.39 is 0 Å². The Morgan fingerprint density at radius 1 is 1.67 bits per heavy atom. The van der Waals surface area contributed by atoms with E-state index in [1.807, 2.05) is 4.68 Å². The first-order chi connectivity index (χ1) is 5.86. The molecular formula is C7H10IN3O. The summed E-state index contributed by atoms with van der Waals surface area (Å²) in [7, 11) is 0. The van der Waals surface area contributed by atoms with E-state index in [2.05, 4.69) is 32.7 Å². The SMILES string of the molecule is Ic1ncn(C2CCCOC2)n1. The number of hydrogen-bond acceptors (Lipinski definition) is 3. The van der Waals surface area contributed by atoms with Gasteiger partial charge in [-0.3, -0.25) is 0 Å². The van der Waals surface area contributed by atoms with E-state index in [9.17, 15) is 0 Å². The zero-order chi connectivity index (χ0) is 8.39. The van der Waals surface area contributed by atoms with E-state index in [0.717, 1.165) is 29.9 Å². The summed E-state index contributed by atoms with van der Waals surface area (Å²) >= 11 is 2.11. The van der Waals surface area contributed by atoms with Crippen LogP contribution in [0.25, 0.3) is 0 Å². The molecule has 1 aromatic heterocycles. The molecule has 1 atom stereocenters. The highest BCUT2D eigenvalue weighted by Gasteiger charge is 2.16. The minimum atomic E-state index is 0.398. The first-order valence-corrected chi connectivity index (χ1v) is 5.08. The van der Waals surface area contributed by atoms with Gasteiger partial charge >= 0.3 is 0 Å². The predicted octanol–water partition coefficient (Wildman–Crippen LogP) is 1.23. The fourth-order valence-corrected chi connectivity index (χ4v) is 1.74. The highest BCUT2D eigenvalue weighted by atomic mass is 127. The van der Waals surface area contributed by atoms with Crippen molar-refractivity contribution in [3.63, 3.8) is 0 Å². The van der Waals surface area contributed by atoms with Crippen LogP contribution in [0.15, 0.2) is 6.33 Å². The van der Waals surface area contributed by atoms with Crippen molar-refractivity contribution < 1.29 is 4.74 Å². The summed E-state index contributed by atoms with van der Waals surface area (Å²) in [5.41, 5.74) is 0. The van der Waals surface area contributed by atoms with Gasteiger partial charge in [-0.2, -0.15) is 0 Å². The molecule has 2 rings (SSSR count). The van der Waals surface area contributed by atoms with Crippen molar-refractivity contribution in [2.45, 2.75) is 18.9 Å². The molecule has 0 saturated carbocycles. The van der Waals surface area contributed by atoms with Gasteiger partial charge in [0.25, 0.3) is 0 Å². The fourth-order valence-electron chi connectivity index (χ4n) is 1.36. The largest absolute Gasteiger partial charge is 0.379 e. The van der Waals surface area contributed by atoms with E-state index in [4.69, 9.17) is 4.74 Å². The van der Waals surface area contributed by atoms with Gasteiger partial charge < -0.3 is 4.74 Å². The van der Waals surface area contributed by atoms with Crippen LogP contribution in [0.1, 0.15) is 18.9 Å². The molecule has 1 saturated heterocycles. The molecule has 12 heavy (non-hydrogen) atoms. The Morgan fingerprint density at radius 3 is 3.17 bits per heavy atom. The predicted molar refractivity (Wildman–Crippen MR) is 51.8 cm³/mol. The third-order valence-corrected chi connectivity index (χ3v) is 2.49. The van der Waals surface area contributed by atoms with Gasteiger partial charge in [0.1, 0.15) is 6.33 Å². The third-order valence-electron chi connectivity index (χ3n) is 1.99. The molecule has 1 aromatic rings. The molecule has 0 N–H and O–H groups in total. The number of nitrogens with zero attached hydrogens (tertiary/aromatic N) is 3. The molecule has 5 heteroatoms. The minimum absolute atomic E-state index is 0.398. The van der Waals surface area contributed by atoms with Gasteiger partial charge in [-0.15, -0.1) is 5.10 Å². The van der Waals surface area contributed by atoms with E-state index in [1.54, 1.807) is 6.33 Å². The molecule has 66 valence electrons. The molecule has 0 bridgehead atoms. The second-order valence-electron chi connectivity index (χ2n) is 2.86. The molecular weight excluding hydrogens is 269 g/mol. The minimum Gasteiger partial charge on any atom is -0.379 e. The maximum atomic E-state index is 5.35. The molecule has 1 aliphatic heterocycles. The van der Waals surface area contributed by atoms with Crippen LogP contribution in [0, 0.1) is 3.83 Å². The number of aromatic nitrogens is 3. The van der Waals surface area contributed by atoms with Gasteiger partial charge in [-0.1, -0.05) is 0 Å². The monoisotopic (exact) mass is 279 g/mol. The Bertz CT molecular complexity index is 257. The van der Waals surface area contributed by atoms with Crippen LogP contribution >= 0.6 is 22.6 Å². The lowest BCUT2D eigenvalue weighted by molar-refractivity contribution is 0.0547. The maximum Gasteiger partial charge on any atom is 0.211 e. The lowest BCUT2D eigenvalue weighted by Gasteiger charge is -2.21.